The van der Waals surface area contributed by atoms with Crippen molar-refractivity contribution >= 4 is 5.69 Å². The first-order valence-corrected chi connectivity index (χ1v) is 8.99. The van der Waals surface area contributed by atoms with Crippen molar-refractivity contribution in [2.75, 3.05) is 13.1 Å². The van der Waals surface area contributed by atoms with E-state index in [2.05, 4.69) is 15.0 Å². The lowest BCUT2D eigenvalue weighted by Gasteiger charge is -2.40. The number of likely N-dealkylation sites (tertiary alicyclic amines) is 1. The van der Waals surface area contributed by atoms with Gasteiger partial charge >= 0.3 is 0 Å². The molecule has 2 fully saturated rings. The number of piperidine rings is 1. The third-order valence-corrected chi connectivity index (χ3v) is 5.54. The van der Waals surface area contributed by atoms with Gasteiger partial charge in [0.05, 0.1) is 11.5 Å². The van der Waals surface area contributed by atoms with Crippen LogP contribution >= 0.6 is 0 Å². The highest BCUT2D eigenvalue weighted by Gasteiger charge is 2.31. The van der Waals surface area contributed by atoms with Crippen molar-refractivity contribution in [3.63, 3.8) is 0 Å². The predicted octanol–water partition coefficient (Wildman–Crippen LogP) is 3.66. The molecule has 2 aromatic rings. The van der Waals surface area contributed by atoms with Gasteiger partial charge in [-0.05, 0) is 43.4 Å². The Kier molecular flexibility index (Phi) is 4.48. The lowest BCUT2D eigenvalue weighted by Crippen LogP contribution is -2.41. The molecule has 0 unspecified atom stereocenters. The number of nitro benzene ring substituents is 1. The summed E-state index contributed by atoms with van der Waals surface area (Å²) in [6.07, 6.45) is 6.76. The van der Waals surface area contributed by atoms with E-state index in [4.69, 9.17) is 4.52 Å². The van der Waals surface area contributed by atoms with Crippen LogP contribution in [0.2, 0.25) is 0 Å². The SMILES string of the molecule is O=[N+]([O-])c1ccc(-c2noc(CN3CC[C@H]4CCCC[C@H]4C3)n2)cc1. The van der Waals surface area contributed by atoms with Gasteiger partial charge < -0.3 is 4.52 Å². The maximum absolute atomic E-state index is 10.7. The minimum atomic E-state index is -0.416. The molecule has 0 spiro atoms. The van der Waals surface area contributed by atoms with Crippen molar-refractivity contribution in [3.8, 4) is 11.4 Å². The monoisotopic (exact) mass is 342 g/mol. The second kappa shape index (κ2) is 6.92. The summed E-state index contributed by atoms with van der Waals surface area (Å²) in [5, 5.41) is 14.8. The second-order valence-electron chi connectivity index (χ2n) is 7.14. The summed E-state index contributed by atoms with van der Waals surface area (Å²) >= 11 is 0. The molecule has 0 amide bonds. The Morgan fingerprint density at radius 1 is 1.16 bits per heavy atom. The molecule has 7 heteroatoms. The quantitative estimate of drug-likeness (QED) is 0.623. The molecule has 1 aliphatic carbocycles. The average molecular weight is 342 g/mol. The number of nitro groups is 1. The highest BCUT2D eigenvalue weighted by molar-refractivity contribution is 5.56. The number of aromatic nitrogens is 2. The summed E-state index contributed by atoms with van der Waals surface area (Å²) in [6.45, 7) is 2.90. The van der Waals surface area contributed by atoms with Crippen LogP contribution in [0, 0.1) is 22.0 Å². The first-order valence-electron chi connectivity index (χ1n) is 8.99. The molecule has 0 bridgehead atoms. The first kappa shape index (κ1) is 16.2. The first-order chi connectivity index (χ1) is 12.2. The maximum Gasteiger partial charge on any atom is 0.269 e. The van der Waals surface area contributed by atoms with E-state index in [-0.39, 0.29) is 5.69 Å². The molecule has 0 radical (unpaired) electrons. The molecule has 1 saturated heterocycles. The van der Waals surface area contributed by atoms with Gasteiger partial charge in [0.15, 0.2) is 0 Å². The smallest absolute Gasteiger partial charge is 0.269 e. The van der Waals surface area contributed by atoms with E-state index < -0.39 is 4.92 Å². The average Bonchev–Trinajstić information content (AvgIpc) is 3.10. The summed E-state index contributed by atoms with van der Waals surface area (Å²) < 4.78 is 5.40. The van der Waals surface area contributed by atoms with E-state index in [9.17, 15) is 10.1 Å². The number of hydrogen-bond acceptors (Lipinski definition) is 6. The van der Waals surface area contributed by atoms with Gasteiger partial charge in [-0.2, -0.15) is 4.98 Å². The van der Waals surface area contributed by atoms with Gasteiger partial charge in [-0.3, -0.25) is 15.0 Å². The van der Waals surface area contributed by atoms with Crippen LogP contribution in [0.5, 0.6) is 0 Å². The molecule has 132 valence electrons. The molecule has 2 aliphatic rings. The fourth-order valence-corrected chi connectivity index (χ4v) is 4.18. The highest BCUT2D eigenvalue weighted by Crippen LogP contribution is 2.36. The van der Waals surface area contributed by atoms with Crippen LogP contribution in [0.25, 0.3) is 11.4 Å². The fourth-order valence-electron chi connectivity index (χ4n) is 4.18. The van der Waals surface area contributed by atoms with Crippen LogP contribution in [0.3, 0.4) is 0 Å². The zero-order valence-electron chi connectivity index (χ0n) is 14.1. The molecule has 4 rings (SSSR count). The lowest BCUT2D eigenvalue weighted by atomic mass is 9.75. The summed E-state index contributed by atoms with van der Waals surface area (Å²) in [7, 11) is 0. The van der Waals surface area contributed by atoms with E-state index in [1.165, 1.54) is 44.2 Å². The molecule has 1 saturated carbocycles. The number of hydrogen-bond donors (Lipinski definition) is 0. The topological polar surface area (TPSA) is 85.3 Å². The normalized spacial score (nSPS) is 24.0. The molecule has 2 heterocycles. The molecular formula is C18H22N4O3. The third-order valence-electron chi connectivity index (χ3n) is 5.54. The van der Waals surface area contributed by atoms with Gasteiger partial charge in [-0.25, -0.2) is 0 Å². The standard InChI is InChI=1S/C18H22N4O3/c23-22(24)16-7-5-14(6-8-16)18-19-17(25-20-18)12-21-10-9-13-3-1-2-4-15(13)11-21/h5-8,13,15H,1-4,9-12H2/t13-,15+/m1/s1. The van der Waals surface area contributed by atoms with Gasteiger partial charge in [0, 0.05) is 24.2 Å². The number of benzene rings is 1. The van der Waals surface area contributed by atoms with Crippen molar-refractivity contribution in [1.82, 2.24) is 15.0 Å². The second-order valence-corrected chi connectivity index (χ2v) is 7.14. The maximum atomic E-state index is 10.7. The van der Waals surface area contributed by atoms with E-state index in [0.29, 0.717) is 18.3 Å². The fraction of sp³-hybridized carbons (Fsp3) is 0.556. The van der Waals surface area contributed by atoms with E-state index in [0.717, 1.165) is 30.5 Å². The molecule has 0 N–H and O–H groups in total. The van der Waals surface area contributed by atoms with Crippen LogP contribution in [-0.4, -0.2) is 33.1 Å². The molecule has 2 atom stereocenters. The van der Waals surface area contributed by atoms with E-state index >= 15 is 0 Å². The zero-order valence-corrected chi connectivity index (χ0v) is 14.1. The van der Waals surface area contributed by atoms with Crippen molar-refractivity contribution in [1.29, 1.82) is 0 Å². The Hall–Kier alpha value is -2.28. The van der Waals surface area contributed by atoms with Crippen LogP contribution in [0.1, 0.15) is 38.0 Å². The van der Waals surface area contributed by atoms with Crippen molar-refractivity contribution in [2.45, 2.75) is 38.6 Å². The van der Waals surface area contributed by atoms with Gasteiger partial charge in [0.2, 0.25) is 11.7 Å². The zero-order chi connectivity index (χ0) is 17.2. The highest BCUT2D eigenvalue weighted by atomic mass is 16.6. The number of nitrogens with zero attached hydrogens (tertiary/aromatic N) is 4. The Balaban J connectivity index is 1.40. The van der Waals surface area contributed by atoms with Crippen molar-refractivity contribution in [2.24, 2.45) is 11.8 Å². The van der Waals surface area contributed by atoms with Gasteiger partial charge in [-0.1, -0.05) is 24.4 Å². The third kappa shape index (κ3) is 3.56. The predicted molar refractivity (Wildman–Crippen MR) is 91.7 cm³/mol. The minimum absolute atomic E-state index is 0.0582. The van der Waals surface area contributed by atoms with Gasteiger partial charge in [0.25, 0.3) is 5.69 Å². The van der Waals surface area contributed by atoms with Crippen LogP contribution in [0.4, 0.5) is 5.69 Å². The molecule has 25 heavy (non-hydrogen) atoms. The van der Waals surface area contributed by atoms with Crippen molar-refractivity contribution in [3.05, 3.63) is 40.3 Å². The lowest BCUT2D eigenvalue weighted by molar-refractivity contribution is -0.384. The number of non-ortho nitro benzene ring substituents is 1. The number of rotatable bonds is 4. The van der Waals surface area contributed by atoms with Gasteiger partial charge in [0.1, 0.15) is 0 Å². The molecule has 1 aromatic heterocycles. The van der Waals surface area contributed by atoms with Crippen LogP contribution < -0.4 is 0 Å². The van der Waals surface area contributed by atoms with Crippen LogP contribution in [0.15, 0.2) is 28.8 Å². The summed E-state index contributed by atoms with van der Waals surface area (Å²) in [5.41, 5.74) is 0.786. The Labute approximate surface area is 146 Å². The largest absolute Gasteiger partial charge is 0.338 e. The summed E-state index contributed by atoms with van der Waals surface area (Å²) in [4.78, 5) is 17.2. The molecular weight excluding hydrogens is 320 g/mol. The minimum Gasteiger partial charge on any atom is -0.338 e. The van der Waals surface area contributed by atoms with Gasteiger partial charge in [-0.15, -0.1) is 0 Å². The Bertz CT molecular complexity index is 743. The summed E-state index contributed by atoms with van der Waals surface area (Å²) in [5.74, 6) is 2.82. The molecule has 1 aromatic carbocycles. The number of fused-ring (bicyclic) bond motifs is 1. The summed E-state index contributed by atoms with van der Waals surface area (Å²) in [6, 6.07) is 6.22. The Morgan fingerprint density at radius 3 is 2.68 bits per heavy atom. The van der Waals surface area contributed by atoms with Crippen molar-refractivity contribution < 1.29 is 9.45 Å². The van der Waals surface area contributed by atoms with E-state index in [1.807, 2.05) is 0 Å². The molecule has 1 aliphatic heterocycles. The molecule has 7 nitrogen and oxygen atoms in total. The van der Waals surface area contributed by atoms with E-state index in [1.54, 1.807) is 12.1 Å². The Morgan fingerprint density at radius 2 is 1.92 bits per heavy atom. The van der Waals surface area contributed by atoms with Crippen LogP contribution in [-0.2, 0) is 6.54 Å².